The molecule has 0 radical (unpaired) electrons. The zero-order valence-corrected chi connectivity index (χ0v) is 36.2. The van der Waals surface area contributed by atoms with Crippen molar-refractivity contribution < 1.29 is 45.8 Å². The standard InChI is InChI=1S/C29H37.C13H10.C5H5.2ClH.Hf/c1-18-25-22-17-19-13-9-10-14-20(19)24(22)21-15-11-12-16-23(21)29(25,8)28(6,7)27(4,5)26(18,2)3;1-3-7-12(8-4-1)11-13-9-5-2-6-10-13;1-2-4-5-3-1;;;/h9-11,13-15,23H,12,16-17H2,1-8H3;1-10H;1-3H,4H2;2*1H;/q;;;;;+2/p-2. The second kappa shape index (κ2) is 13.0. The molecule has 3 unspecified atom stereocenters. The van der Waals surface area contributed by atoms with Gasteiger partial charge in [-0.25, -0.2) is 0 Å². The van der Waals surface area contributed by atoms with Crippen LogP contribution >= 0.6 is 0 Å². The molecule has 3 aromatic rings. The molecule has 50 heavy (non-hydrogen) atoms. The number of benzene rings is 3. The van der Waals surface area contributed by atoms with Gasteiger partial charge in [-0.2, -0.15) is 0 Å². The second-order valence-corrected chi connectivity index (χ2v) is 27.4. The fraction of sp³-hybridized carbons (Fsp3) is 0.383. The first kappa shape index (κ1) is 37.4. The molecule has 0 amide bonds. The van der Waals surface area contributed by atoms with E-state index in [1.54, 1.807) is 23.3 Å². The molecule has 258 valence electrons. The SMILES string of the molecule is CC12C(=C3Cc4ccccc4C3=C3C=CCCC31)[C](C)([Hf+2]([C]1=CC=CC1)=[C](c1ccccc1)c1ccccc1)C(C)(C)C(C)(C)C2(C)C.[Cl-].[Cl-]. The molecule has 3 heteroatoms. The quantitative estimate of drug-likeness (QED) is 0.271. The van der Waals surface area contributed by atoms with Crippen LogP contribution in [-0.2, 0) is 27.4 Å². The maximum Gasteiger partial charge on any atom is -1.00 e. The van der Waals surface area contributed by atoms with Gasteiger partial charge >= 0.3 is 299 Å². The zero-order chi connectivity index (χ0) is 33.7. The van der Waals surface area contributed by atoms with Crippen molar-refractivity contribution in [1.82, 2.24) is 0 Å². The molecule has 0 nitrogen and oxygen atoms in total. The number of hydrogen-bond donors (Lipinski definition) is 0. The van der Waals surface area contributed by atoms with Crippen LogP contribution in [0.5, 0.6) is 0 Å². The molecule has 0 N–H and O–H groups in total. The van der Waals surface area contributed by atoms with Crippen molar-refractivity contribution in [2.75, 3.05) is 0 Å². The fourth-order valence-corrected chi connectivity index (χ4v) is 27.8. The summed E-state index contributed by atoms with van der Waals surface area (Å²) in [7, 11) is 0. The van der Waals surface area contributed by atoms with E-state index in [-0.39, 0.29) is 49.6 Å². The Kier molecular flexibility index (Phi) is 9.71. The van der Waals surface area contributed by atoms with Crippen LogP contribution in [-0.4, -0.2) is 3.26 Å². The van der Waals surface area contributed by atoms with Crippen LogP contribution in [0.3, 0.4) is 0 Å². The molecule has 0 heterocycles. The van der Waals surface area contributed by atoms with Crippen LogP contribution in [0, 0.1) is 27.6 Å². The van der Waals surface area contributed by atoms with E-state index in [0.717, 1.165) is 12.8 Å². The molecular weight excluding hydrogens is 814 g/mol. The third-order valence-corrected chi connectivity index (χ3v) is 29.4. The predicted octanol–water partition coefficient (Wildman–Crippen LogP) is 6.29. The van der Waals surface area contributed by atoms with Gasteiger partial charge in [-0.05, 0) is 0 Å². The smallest absolute Gasteiger partial charge is 1.00 e. The van der Waals surface area contributed by atoms with Gasteiger partial charge in [0.25, 0.3) is 0 Å². The molecule has 5 aliphatic rings. The molecular formula is C47H52Cl2Hf. The van der Waals surface area contributed by atoms with Gasteiger partial charge in [0.2, 0.25) is 0 Å². The van der Waals surface area contributed by atoms with E-state index >= 15 is 0 Å². The fourth-order valence-electron chi connectivity index (χ4n) is 11.4. The van der Waals surface area contributed by atoms with Crippen molar-refractivity contribution in [3.63, 3.8) is 0 Å². The summed E-state index contributed by atoms with van der Waals surface area (Å²) in [5.74, 6) is 0.507. The van der Waals surface area contributed by atoms with Crippen LogP contribution in [0.1, 0.15) is 96.9 Å². The Morgan fingerprint density at radius 1 is 0.680 bits per heavy atom. The van der Waals surface area contributed by atoms with Crippen molar-refractivity contribution in [3.8, 4) is 0 Å². The van der Waals surface area contributed by atoms with Gasteiger partial charge in [-0.1, -0.05) is 0 Å². The van der Waals surface area contributed by atoms with Gasteiger partial charge in [0.15, 0.2) is 0 Å². The molecule has 0 bridgehead atoms. The molecule has 0 aromatic heterocycles. The van der Waals surface area contributed by atoms with Gasteiger partial charge < -0.3 is 24.8 Å². The maximum absolute atomic E-state index is 3.22. The third-order valence-electron chi connectivity index (χ3n) is 15.2. The molecule has 8 rings (SSSR count). The van der Waals surface area contributed by atoms with Crippen molar-refractivity contribution in [1.29, 1.82) is 0 Å². The summed E-state index contributed by atoms with van der Waals surface area (Å²) < 4.78 is 3.47. The first-order chi connectivity index (χ1) is 22.9. The zero-order valence-electron chi connectivity index (χ0n) is 31.1. The summed E-state index contributed by atoms with van der Waals surface area (Å²) >= 11 is -3.22. The summed E-state index contributed by atoms with van der Waals surface area (Å²) in [4.78, 5) is 0. The van der Waals surface area contributed by atoms with Gasteiger partial charge in [0.05, 0.1) is 0 Å². The van der Waals surface area contributed by atoms with E-state index in [0.29, 0.717) is 5.92 Å². The van der Waals surface area contributed by atoms with Crippen LogP contribution in [0.15, 0.2) is 135 Å². The van der Waals surface area contributed by atoms with Crippen LogP contribution in [0.2, 0.25) is 3.17 Å². The van der Waals surface area contributed by atoms with Crippen molar-refractivity contribution in [3.05, 3.63) is 158 Å². The van der Waals surface area contributed by atoms with Gasteiger partial charge in [0, 0.05) is 0 Å². The average Bonchev–Trinajstić information content (AvgIpc) is 3.75. The van der Waals surface area contributed by atoms with Gasteiger partial charge in [-0.3, -0.25) is 0 Å². The normalized spacial score (nSPS) is 27.4. The van der Waals surface area contributed by atoms with E-state index < -0.39 is 21.0 Å². The van der Waals surface area contributed by atoms with Crippen molar-refractivity contribution >= 4 is 8.83 Å². The third kappa shape index (κ3) is 4.74. The van der Waals surface area contributed by atoms with Crippen LogP contribution in [0.25, 0.3) is 5.57 Å². The topological polar surface area (TPSA) is 0 Å². The number of halogens is 2. The Balaban J connectivity index is 0.00000216. The summed E-state index contributed by atoms with van der Waals surface area (Å²) in [5, 5.41) is 0. The van der Waals surface area contributed by atoms with Crippen molar-refractivity contribution in [2.45, 2.75) is 84.2 Å². The van der Waals surface area contributed by atoms with Crippen LogP contribution in [0.4, 0.5) is 0 Å². The minimum atomic E-state index is -3.22. The molecule has 1 fully saturated rings. The van der Waals surface area contributed by atoms with E-state index in [1.807, 2.05) is 5.57 Å². The number of hydrogen-bond acceptors (Lipinski definition) is 0. The molecule has 3 aromatic carbocycles. The van der Waals surface area contributed by atoms with Crippen LogP contribution < -0.4 is 24.8 Å². The maximum atomic E-state index is 2.82. The van der Waals surface area contributed by atoms with E-state index in [9.17, 15) is 0 Å². The molecule has 0 saturated heterocycles. The Bertz CT molecular complexity index is 1980. The largest absolute Gasteiger partial charge is 1.00 e. The molecule has 1 saturated carbocycles. The van der Waals surface area contributed by atoms with Gasteiger partial charge in [-0.15, -0.1) is 0 Å². The van der Waals surface area contributed by atoms with E-state index in [4.69, 9.17) is 0 Å². The Hall–Kier alpha value is -2.32. The molecule has 5 aliphatic carbocycles. The number of rotatable bonds is 4. The minimum Gasteiger partial charge on any atom is -1.00 e. The van der Waals surface area contributed by atoms with Crippen molar-refractivity contribution in [2.24, 2.45) is 27.6 Å². The summed E-state index contributed by atoms with van der Waals surface area (Å²) in [6.07, 6.45) is 17.0. The molecule has 0 aliphatic heterocycles. The summed E-state index contributed by atoms with van der Waals surface area (Å²) in [5.41, 5.74) is 12.8. The first-order valence-electron chi connectivity index (χ1n) is 18.3. The molecule has 0 spiro atoms. The Morgan fingerprint density at radius 3 is 1.88 bits per heavy atom. The minimum absolute atomic E-state index is 0. The molecule has 3 atom stereocenters. The number of allylic oxidation sites excluding steroid dienone is 10. The number of fused-ring (bicyclic) bond motifs is 6. The monoisotopic (exact) mass is 866 g/mol. The summed E-state index contributed by atoms with van der Waals surface area (Å²) in [6.45, 7) is 21.6. The summed E-state index contributed by atoms with van der Waals surface area (Å²) in [6, 6.07) is 32.5. The first-order valence-corrected chi connectivity index (χ1v) is 23.7. The predicted molar refractivity (Wildman–Crippen MR) is 202 cm³/mol. The average molecular weight is 866 g/mol. The van der Waals surface area contributed by atoms with E-state index in [1.165, 1.54) is 35.1 Å². The Morgan fingerprint density at radius 2 is 1.28 bits per heavy atom. The second-order valence-electron chi connectivity index (χ2n) is 17.1. The van der Waals surface area contributed by atoms with Gasteiger partial charge in [0.1, 0.15) is 0 Å². The Labute approximate surface area is 321 Å². The van der Waals surface area contributed by atoms with E-state index in [2.05, 4.69) is 171 Å².